The highest BCUT2D eigenvalue weighted by molar-refractivity contribution is 5.70. The van der Waals surface area contributed by atoms with E-state index in [2.05, 4.69) is 60.3 Å². The van der Waals surface area contributed by atoms with Gasteiger partial charge in [-0.2, -0.15) is 0 Å². The molecule has 7 heteroatoms. The maximum absolute atomic E-state index is 13.4. The van der Waals surface area contributed by atoms with Crippen LogP contribution in [0.1, 0.15) is 370 Å². The molecule has 0 heterocycles. The standard InChI is InChI=1S/C72H137NO6/c1-9-15-19-23-27-31-35-43-64(44-36-32-28-24-20-16-10-2)48-50-68(75)78-57-41-53-71(8)60-66-59-70(7,52-40-56-77-67(74)47-39-55-73(13-5)14-6)62-72(61-66,63-71)54-42-58-79-69(76)51-49-65(45-37-33-29-25-21-17-11-3)46-38-34-30-26-22-18-12-4/h64-66H,9-63H2,1-8H3. The maximum Gasteiger partial charge on any atom is 0.305 e. The molecule has 0 spiro atoms. The fourth-order valence-corrected chi connectivity index (χ4v) is 15.3. The van der Waals surface area contributed by atoms with Crippen molar-refractivity contribution >= 4 is 17.9 Å². The number of fused-ring (bicyclic) bond motifs is 2. The van der Waals surface area contributed by atoms with Gasteiger partial charge in [0.05, 0.1) is 19.8 Å². The molecule has 4 atom stereocenters. The molecule has 0 aromatic carbocycles. The monoisotopic (exact) mass is 1110 g/mol. The summed E-state index contributed by atoms with van der Waals surface area (Å²) in [5, 5.41) is 0. The van der Waals surface area contributed by atoms with Gasteiger partial charge in [-0.15, -0.1) is 0 Å². The van der Waals surface area contributed by atoms with Gasteiger partial charge in [0.15, 0.2) is 0 Å². The molecule has 0 aromatic rings. The van der Waals surface area contributed by atoms with Gasteiger partial charge in [-0.25, -0.2) is 0 Å². The molecule has 0 aromatic heterocycles. The number of carbonyl (C=O) groups excluding carboxylic acids is 3. The molecular weight excluding hydrogens is 975 g/mol. The highest BCUT2D eigenvalue weighted by atomic mass is 16.5. The van der Waals surface area contributed by atoms with E-state index >= 15 is 0 Å². The van der Waals surface area contributed by atoms with Crippen LogP contribution in [0.15, 0.2) is 0 Å². The van der Waals surface area contributed by atoms with Crippen molar-refractivity contribution in [3.05, 3.63) is 0 Å². The third-order valence-corrected chi connectivity index (χ3v) is 19.5. The summed E-state index contributed by atoms with van der Waals surface area (Å²) in [5.41, 5.74) is 0.603. The Morgan fingerprint density at radius 1 is 0.380 bits per heavy atom. The van der Waals surface area contributed by atoms with Gasteiger partial charge >= 0.3 is 17.9 Å². The van der Waals surface area contributed by atoms with Crippen LogP contribution in [0.2, 0.25) is 0 Å². The molecular formula is C72H137NO6. The van der Waals surface area contributed by atoms with E-state index in [0.717, 1.165) is 77.4 Å². The van der Waals surface area contributed by atoms with Crippen molar-refractivity contribution in [2.24, 2.45) is 34.0 Å². The molecule has 466 valence electrons. The maximum atomic E-state index is 13.4. The van der Waals surface area contributed by atoms with E-state index in [1.807, 2.05) is 0 Å². The lowest BCUT2D eigenvalue weighted by Crippen LogP contribution is -2.47. The molecule has 2 aliphatic rings. The number of ether oxygens (including phenoxy) is 3. The van der Waals surface area contributed by atoms with Crippen molar-refractivity contribution < 1.29 is 28.6 Å². The third-order valence-electron chi connectivity index (χ3n) is 19.5. The van der Waals surface area contributed by atoms with Gasteiger partial charge in [0.1, 0.15) is 0 Å². The predicted molar refractivity (Wildman–Crippen MR) is 339 cm³/mol. The van der Waals surface area contributed by atoms with E-state index in [-0.39, 0.29) is 34.2 Å². The number of esters is 3. The van der Waals surface area contributed by atoms with Crippen LogP contribution in [0.25, 0.3) is 0 Å². The topological polar surface area (TPSA) is 82.1 Å². The molecule has 7 nitrogen and oxygen atoms in total. The summed E-state index contributed by atoms with van der Waals surface area (Å²) < 4.78 is 18.0. The number of nitrogens with zero attached hydrogens (tertiary/aromatic N) is 1. The number of rotatable bonds is 56. The molecule has 2 rings (SSSR count). The molecule has 2 saturated carbocycles. The summed E-state index contributed by atoms with van der Waals surface area (Å²) >= 11 is 0. The number of unbranched alkanes of at least 4 members (excludes halogenated alkanes) is 24. The fraction of sp³-hybridized carbons (Fsp3) is 0.958. The average Bonchev–Trinajstić information content (AvgIpc) is 3.55. The van der Waals surface area contributed by atoms with Gasteiger partial charge in [-0.3, -0.25) is 14.4 Å². The second-order valence-corrected chi connectivity index (χ2v) is 27.5. The first-order chi connectivity index (χ1) is 38.4. The number of carbonyl (C=O) groups is 3. The van der Waals surface area contributed by atoms with Crippen LogP contribution in [-0.2, 0) is 28.6 Å². The summed E-state index contributed by atoms with van der Waals surface area (Å²) in [4.78, 5) is 41.8. The summed E-state index contributed by atoms with van der Waals surface area (Å²) in [5.74, 6) is 1.91. The quantitative estimate of drug-likeness (QED) is 0.0341. The molecule has 2 fully saturated rings. The number of hydrogen-bond acceptors (Lipinski definition) is 7. The van der Waals surface area contributed by atoms with Gasteiger partial charge in [-0.1, -0.05) is 261 Å². The van der Waals surface area contributed by atoms with Gasteiger partial charge in [0, 0.05) is 19.3 Å². The Morgan fingerprint density at radius 2 is 0.696 bits per heavy atom. The highest BCUT2D eigenvalue weighted by Gasteiger charge is 2.52. The fourth-order valence-electron chi connectivity index (χ4n) is 15.3. The summed E-state index contributed by atoms with van der Waals surface area (Å²) in [6.45, 7) is 23.2. The zero-order valence-electron chi connectivity index (χ0n) is 54.5. The van der Waals surface area contributed by atoms with Gasteiger partial charge < -0.3 is 19.1 Å². The van der Waals surface area contributed by atoms with Crippen LogP contribution >= 0.6 is 0 Å². The largest absolute Gasteiger partial charge is 0.466 e. The lowest BCUT2D eigenvalue weighted by Gasteiger charge is -2.58. The van der Waals surface area contributed by atoms with Gasteiger partial charge in [0.2, 0.25) is 0 Å². The summed E-state index contributed by atoms with van der Waals surface area (Å²) in [6.07, 6.45) is 59.3. The SMILES string of the molecule is CCCCCCCCCC(CCCCCCCCC)CCC(=O)OCCCC1(C)CC2CC(C)(CCCOC(=O)CCCN(CC)CC)CC(CCCOC(=O)CCC(CCCCCCCCC)CCCCCCCCC)(C2)C1. The second kappa shape index (κ2) is 47.7. The van der Waals surface area contributed by atoms with E-state index in [9.17, 15) is 14.4 Å². The molecule has 0 saturated heterocycles. The minimum atomic E-state index is -0.0519. The Kier molecular flexibility index (Phi) is 44.4. The molecule has 0 N–H and O–H groups in total. The van der Waals surface area contributed by atoms with Crippen LogP contribution in [0.3, 0.4) is 0 Å². The molecule has 0 aliphatic heterocycles. The zero-order chi connectivity index (χ0) is 57.6. The Bertz CT molecular complexity index is 1410. The van der Waals surface area contributed by atoms with Crippen LogP contribution < -0.4 is 0 Å². The van der Waals surface area contributed by atoms with Crippen molar-refractivity contribution in [1.29, 1.82) is 0 Å². The van der Waals surface area contributed by atoms with Crippen LogP contribution in [-0.4, -0.2) is 62.3 Å². The van der Waals surface area contributed by atoms with Crippen molar-refractivity contribution in [3.63, 3.8) is 0 Å². The number of hydrogen-bond donors (Lipinski definition) is 0. The minimum absolute atomic E-state index is 0.00970. The zero-order valence-corrected chi connectivity index (χ0v) is 54.5. The van der Waals surface area contributed by atoms with Gasteiger partial charge in [0.25, 0.3) is 0 Å². The first-order valence-corrected chi connectivity index (χ1v) is 35.6. The molecule has 2 bridgehead atoms. The lowest BCUT2D eigenvalue weighted by atomic mass is 9.47. The smallest absolute Gasteiger partial charge is 0.305 e. The van der Waals surface area contributed by atoms with E-state index in [0.29, 0.717) is 56.8 Å². The second-order valence-electron chi connectivity index (χ2n) is 27.5. The highest BCUT2D eigenvalue weighted by Crippen LogP contribution is 2.64. The van der Waals surface area contributed by atoms with Crippen molar-refractivity contribution in [3.8, 4) is 0 Å². The Morgan fingerprint density at radius 3 is 1.04 bits per heavy atom. The van der Waals surface area contributed by atoms with Gasteiger partial charge in [-0.05, 0) is 144 Å². The average molecular weight is 1110 g/mol. The molecule has 2 aliphatic carbocycles. The van der Waals surface area contributed by atoms with Crippen molar-refractivity contribution in [1.82, 2.24) is 4.90 Å². The Labute approximate surface area is 492 Å². The molecule has 79 heavy (non-hydrogen) atoms. The van der Waals surface area contributed by atoms with Crippen molar-refractivity contribution in [2.45, 2.75) is 370 Å². The molecule has 0 radical (unpaired) electrons. The van der Waals surface area contributed by atoms with Crippen LogP contribution in [0.5, 0.6) is 0 Å². The lowest BCUT2D eigenvalue weighted by molar-refractivity contribution is -0.145. The molecule has 4 unspecified atom stereocenters. The van der Waals surface area contributed by atoms with Crippen LogP contribution in [0, 0.1) is 34.0 Å². The molecule has 0 amide bonds. The minimum Gasteiger partial charge on any atom is -0.466 e. The van der Waals surface area contributed by atoms with E-state index in [1.165, 1.54) is 238 Å². The van der Waals surface area contributed by atoms with E-state index in [1.54, 1.807) is 0 Å². The first kappa shape index (κ1) is 73.5. The van der Waals surface area contributed by atoms with E-state index in [4.69, 9.17) is 14.2 Å². The Balaban J connectivity index is 2.01. The summed E-state index contributed by atoms with van der Waals surface area (Å²) in [6, 6.07) is 0. The van der Waals surface area contributed by atoms with Crippen molar-refractivity contribution in [2.75, 3.05) is 39.5 Å². The Hall–Kier alpha value is -1.63. The summed E-state index contributed by atoms with van der Waals surface area (Å²) in [7, 11) is 0. The third kappa shape index (κ3) is 38.0. The first-order valence-electron chi connectivity index (χ1n) is 35.6. The van der Waals surface area contributed by atoms with Crippen LogP contribution in [0.4, 0.5) is 0 Å². The predicted octanol–water partition coefficient (Wildman–Crippen LogP) is 22.0. The van der Waals surface area contributed by atoms with E-state index < -0.39 is 0 Å². The normalized spacial score (nSPS) is 20.2.